The fourth-order valence-electron chi connectivity index (χ4n) is 1.61. The third-order valence-electron chi connectivity index (χ3n) is 2.74. The topological polar surface area (TPSA) is 59.6 Å². The maximum atomic E-state index is 11.6. The van der Waals surface area contributed by atoms with Crippen molar-refractivity contribution in [1.29, 1.82) is 0 Å². The number of ether oxygens (including phenoxy) is 2. The largest absolute Gasteiger partial charge is 0.383 e. The van der Waals surface area contributed by atoms with Crippen molar-refractivity contribution < 1.29 is 14.3 Å². The predicted molar refractivity (Wildman–Crippen MR) is 61.3 cm³/mol. The first-order valence-electron chi connectivity index (χ1n) is 5.81. The van der Waals surface area contributed by atoms with Gasteiger partial charge in [-0.15, -0.1) is 0 Å². The molecule has 0 aromatic heterocycles. The first-order valence-corrected chi connectivity index (χ1v) is 5.81. The molecule has 0 saturated carbocycles. The molecule has 5 heteroatoms. The highest BCUT2D eigenvalue weighted by atomic mass is 16.5. The second-order valence-electron chi connectivity index (χ2n) is 4.14. The zero-order valence-electron chi connectivity index (χ0n) is 10.1. The molecule has 2 unspecified atom stereocenters. The minimum atomic E-state index is -0.155. The van der Waals surface area contributed by atoms with Crippen molar-refractivity contribution in [3.8, 4) is 0 Å². The SMILES string of the molecule is COCCNC(=O)C(C)NCC1CCOC1. The molecule has 0 radical (unpaired) electrons. The summed E-state index contributed by atoms with van der Waals surface area (Å²) in [7, 11) is 1.62. The Labute approximate surface area is 96.9 Å². The molecule has 0 aliphatic carbocycles. The third kappa shape index (κ3) is 4.92. The Morgan fingerprint density at radius 3 is 3.06 bits per heavy atom. The number of carbonyl (C=O) groups is 1. The lowest BCUT2D eigenvalue weighted by molar-refractivity contribution is -0.123. The zero-order chi connectivity index (χ0) is 11.8. The molecule has 16 heavy (non-hydrogen) atoms. The minimum absolute atomic E-state index is 0.0240. The molecule has 1 saturated heterocycles. The Bertz CT molecular complexity index is 205. The van der Waals surface area contributed by atoms with Gasteiger partial charge in [-0.25, -0.2) is 0 Å². The third-order valence-corrected chi connectivity index (χ3v) is 2.74. The van der Waals surface area contributed by atoms with E-state index in [9.17, 15) is 4.79 Å². The highest BCUT2D eigenvalue weighted by Crippen LogP contribution is 2.10. The molecule has 0 aromatic carbocycles. The number of nitrogens with one attached hydrogen (secondary N) is 2. The zero-order valence-corrected chi connectivity index (χ0v) is 10.1. The summed E-state index contributed by atoms with van der Waals surface area (Å²) in [5.74, 6) is 0.574. The Hall–Kier alpha value is -0.650. The molecule has 0 spiro atoms. The highest BCUT2D eigenvalue weighted by Gasteiger charge is 2.18. The van der Waals surface area contributed by atoms with Gasteiger partial charge < -0.3 is 20.1 Å². The molecule has 94 valence electrons. The van der Waals surface area contributed by atoms with Gasteiger partial charge in [-0.3, -0.25) is 4.79 Å². The molecule has 0 bridgehead atoms. The van der Waals surface area contributed by atoms with Gasteiger partial charge in [0.25, 0.3) is 0 Å². The van der Waals surface area contributed by atoms with Gasteiger partial charge in [0.15, 0.2) is 0 Å². The summed E-state index contributed by atoms with van der Waals surface area (Å²) in [5.41, 5.74) is 0. The van der Waals surface area contributed by atoms with Gasteiger partial charge in [0, 0.05) is 26.8 Å². The van der Waals surface area contributed by atoms with E-state index in [0.29, 0.717) is 19.1 Å². The van der Waals surface area contributed by atoms with Crippen LogP contribution in [0.25, 0.3) is 0 Å². The molecule has 5 nitrogen and oxygen atoms in total. The summed E-state index contributed by atoms with van der Waals surface area (Å²) in [4.78, 5) is 11.6. The predicted octanol–water partition coefficient (Wildman–Crippen LogP) is -0.236. The maximum absolute atomic E-state index is 11.6. The fourth-order valence-corrected chi connectivity index (χ4v) is 1.61. The van der Waals surface area contributed by atoms with E-state index < -0.39 is 0 Å². The first kappa shape index (κ1) is 13.4. The fraction of sp³-hybridized carbons (Fsp3) is 0.909. The Kier molecular flexibility index (Phi) is 6.37. The summed E-state index contributed by atoms with van der Waals surface area (Å²) in [5, 5.41) is 6.02. The molecule has 0 aromatic rings. The van der Waals surface area contributed by atoms with Crippen LogP contribution < -0.4 is 10.6 Å². The summed E-state index contributed by atoms with van der Waals surface area (Å²) in [6, 6.07) is -0.155. The standard InChI is InChI=1S/C11H22N2O3/c1-9(11(14)12-4-6-15-2)13-7-10-3-5-16-8-10/h9-10,13H,3-8H2,1-2H3,(H,12,14). The summed E-state index contributed by atoms with van der Waals surface area (Å²) in [6.45, 7) is 5.49. The van der Waals surface area contributed by atoms with Crippen LogP contribution in [-0.4, -0.2) is 52.0 Å². The number of amides is 1. The van der Waals surface area contributed by atoms with Crippen LogP contribution in [0.2, 0.25) is 0 Å². The number of methoxy groups -OCH3 is 1. The van der Waals surface area contributed by atoms with Crippen molar-refractivity contribution in [3.63, 3.8) is 0 Å². The van der Waals surface area contributed by atoms with Crippen LogP contribution in [0.3, 0.4) is 0 Å². The lowest BCUT2D eigenvalue weighted by atomic mass is 10.1. The molecule has 1 aliphatic heterocycles. The van der Waals surface area contributed by atoms with Gasteiger partial charge >= 0.3 is 0 Å². The smallest absolute Gasteiger partial charge is 0.236 e. The summed E-state index contributed by atoms with van der Waals surface area (Å²) >= 11 is 0. The Balaban J connectivity index is 2.07. The molecule has 1 aliphatic rings. The van der Waals surface area contributed by atoms with Crippen molar-refractivity contribution in [1.82, 2.24) is 10.6 Å². The molecule has 2 N–H and O–H groups in total. The Morgan fingerprint density at radius 2 is 2.44 bits per heavy atom. The number of carbonyl (C=O) groups excluding carboxylic acids is 1. The monoisotopic (exact) mass is 230 g/mol. The van der Waals surface area contributed by atoms with Gasteiger partial charge in [-0.05, 0) is 19.3 Å². The van der Waals surface area contributed by atoms with E-state index in [4.69, 9.17) is 9.47 Å². The normalized spacial score (nSPS) is 22.0. The van der Waals surface area contributed by atoms with Crippen LogP contribution >= 0.6 is 0 Å². The average molecular weight is 230 g/mol. The first-order chi connectivity index (χ1) is 7.74. The van der Waals surface area contributed by atoms with Crippen LogP contribution in [0.5, 0.6) is 0 Å². The lowest BCUT2D eigenvalue weighted by Gasteiger charge is -2.16. The lowest BCUT2D eigenvalue weighted by Crippen LogP contribution is -2.44. The van der Waals surface area contributed by atoms with Crippen LogP contribution in [0.4, 0.5) is 0 Å². The summed E-state index contributed by atoms with van der Waals surface area (Å²) < 4.78 is 10.1. The second-order valence-corrected chi connectivity index (χ2v) is 4.14. The van der Waals surface area contributed by atoms with Crippen LogP contribution in [0, 0.1) is 5.92 Å². The summed E-state index contributed by atoms with van der Waals surface area (Å²) in [6.07, 6.45) is 1.09. The molecular formula is C11H22N2O3. The minimum Gasteiger partial charge on any atom is -0.383 e. The number of hydrogen-bond donors (Lipinski definition) is 2. The van der Waals surface area contributed by atoms with Gasteiger partial charge in [0.2, 0.25) is 5.91 Å². The molecule has 1 amide bonds. The van der Waals surface area contributed by atoms with E-state index in [1.165, 1.54) is 0 Å². The van der Waals surface area contributed by atoms with Crippen molar-refractivity contribution >= 4 is 5.91 Å². The highest BCUT2D eigenvalue weighted by molar-refractivity contribution is 5.81. The number of rotatable bonds is 7. The number of hydrogen-bond acceptors (Lipinski definition) is 4. The van der Waals surface area contributed by atoms with E-state index in [0.717, 1.165) is 26.2 Å². The van der Waals surface area contributed by atoms with Crippen molar-refractivity contribution in [2.24, 2.45) is 5.92 Å². The van der Waals surface area contributed by atoms with E-state index >= 15 is 0 Å². The quantitative estimate of drug-likeness (QED) is 0.593. The van der Waals surface area contributed by atoms with Gasteiger partial charge in [-0.2, -0.15) is 0 Å². The van der Waals surface area contributed by atoms with E-state index in [1.54, 1.807) is 7.11 Å². The van der Waals surface area contributed by atoms with Crippen LogP contribution in [-0.2, 0) is 14.3 Å². The van der Waals surface area contributed by atoms with E-state index in [2.05, 4.69) is 10.6 Å². The van der Waals surface area contributed by atoms with E-state index in [1.807, 2.05) is 6.92 Å². The molecule has 1 heterocycles. The van der Waals surface area contributed by atoms with Crippen molar-refractivity contribution in [2.75, 3.05) is 40.0 Å². The average Bonchev–Trinajstić information content (AvgIpc) is 2.79. The molecule has 2 atom stereocenters. The van der Waals surface area contributed by atoms with Gasteiger partial charge in [-0.1, -0.05) is 0 Å². The van der Waals surface area contributed by atoms with Gasteiger partial charge in [0.05, 0.1) is 19.3 Å². The van der Waals surface area contributed by atoms with Gasteiger partial charge in [0.1, 0.15) is 0 Å². The maximum Gasteiger partial charge on any atom is 0.236 e. The molecule has 1 fully saturated rings. The Morgan fingerprint density at radius 1 is 1.62 bits per heavy atom. The second kappa shape index (κ2) is 7.60. The molecule has 1 rings (SSSR count). The van der Waals surface area contributed by atoms with Crippen molar-refractivity contribution in [2.45, 2.75) is 19.4 Å². The van der Waals surface area contributed by atoms with E-state index in [-0.39, 0.29) is 11.9 Å². The van der Waals surface area contributed by atoms with Crippen LogP contribution in [0.1, 0.15) is 13.3 Å². The van der Waals surface area contributed by atoms with Crippen LogP contribution in [0.15, 0.2) is 0 Å². The van der Waals surface area contributed by atoms with Crippen molar-refractivity contribution in [3.05, 3.63) is 0 Å². The molecular weight excluding hydrogens is 208 g/mol.